The number of hydrogen-bond donors (Lipinski definition) is 3. The van der Waals surface area contributed by atoms with E-state index in [-0.39, 0.29) is 0 Å². The Morgan fingerprint density at radius 3 is 2.71 bits per heavy atom. The van der Waals surface area contributed by atoms with Crippen molar-refractivity contribution in [3.05, 3.63) is 0 Å². The molecule has 0 heterocycles. The number of aliphatic imine (C=N–C) groups is 1. The summed E-state index contributed by atoms with van der Waals surface area (Å²) >= 11 is 0. The molecule has 0 saturated heterocycles. The summed E-state index contributed by atoms with van der Waals surface area (Å²) < 4.78 is 10.4. The summed E-state index contributed by atoms with van der Waals surface area (Å²) in [6.45, 7) is 7.76. The van der Waals surface area contributed by atoms with E-state index in [9.17, 15) is 0 Å². The number of hydrazine groups is 1. The lowest BCUT2D eigenvalue weighted by Gasteiger charge is -2.10. The maximum atomic E-state index is 5.43. The van der Waals surface area contributed by atoms with E-state index >= 15 is 0 Å². The molecule has 6 nitrogen and oxygen atoms in total. The van der Waals surface area contributed by atoms with Crippen LogP contribution in [-0.4, -0.2) is 46.0 Å². The van der Waals surface area contributed by atoms with Crippen LogP contribution < -0.4 is 16.6 Å². The number of hydrogen-bond acceptors (Lipinski definition) is 4. The van der Waals surface area contributed by atoms with E-state index in [4.69, 9.17) is 15.3 Å². The first kappa shape index (κ1) is 16.1. The number of nitrogens with one attached hydrogen (secondary N) is 2. The summed E-state index contributed by atoms with van der Waals surface area (Å²) in [5.41, 5.74) is 2.52. The molecule has 0 aliphatic carbocycles. The molecule has 0 rings (SSSR count). The highest BCUT2D eigenvalue weighted by Gasteiger charge is 1.96. The maximum Gasteiger partial charge on any atom is 0.205 e. The number of methoxy groups -OCH3 is 1. The molecule has 17 heavy (non-hydrogen) atoms. The third-order valence-electron chi connectivity index (χ3n) is 1.90. The Labute approximate surface area is 104 Å². The molecule has 0 radical (unpaired) electrons. The summed E-state index contributed by atoms with van der Waals surface area (Å²) in [5, 5.41) is 3.07. The molecule has 0 aromatic heterocycles. The molecule has 0 saturated carbocycles. The second-order valence-corrected chi connectivity index (χ2v) is 4.12. The summed E-state index contributed by atoms with van der Waals surface area (Å²) in [7, 11) is 1.68. The van der Waals surface area contributed by atoms with Crippen molar-refractivity contribution in [2.45, 2.75) is 20.3 Å². The SMILES string of the molecule is COCCCN=C(NN)NCCOCC(C)C. The lowest BCUT2D eigenvalue weighted by Crippen LogP contribution is -2.43. The fourth-order valence-corrected chi connectivity index (χ4v) is 1.11. The van der Waals surface area contributed by atoms with Crippen molar-refractivity contribution in [3.63, 3.8) is 0 Å². The van der Waals surface area contributed by atoms with E-state index in [1.54, 1.807) is 7.11 Å². The van der Waals surface area contributed by atoms with Gasteiger partial charge in [-0.3, -0.25) is 10.4 Å². The highest BCUT2D eigenvalue weighted by Crippen LogP contribution is 1.90. The third kappa shape index (κ3) is 11.4. The second-order valence-electron chi connectivity index (χ2n) is 4.12. The Bertz CT molecular complexity index is 198. The van der Waals surface area contributed by atoms with Crippen molar-refractivity contribution in [1.29, 1.82) is 0 Å². The van der Waals surface area contributed by atoms with Crippen molar-refractivity contribution < 1.29 is 9.47 Å². The predicted octanol–water partition coefficient (Wildman–Crippen LogP) is 0.104. The third-order valence-corrected chi connectivity index (χ3v) is 1.90. The van der Waals surface area contributed by atoms with Gasteiger partial charge in [0.15, 0.2) is 0 Å². The van der Waals surface area contributed by atoms with Crippen LogP contribution in [0.4, 0.5) is 0 Å². The maximum absolute atomic E-state index is 5.43. The second kappa shape index (κ2) is 11.6. The molecule has 0 spiro atoms. The molecule has 0 aliphatic heterocycles. The molecule has 0 atom stereocenters. The van der Waals surface area contributed by atoms with Crippen LogP contribution in [0.3, 0.4) is 0 Å². The topological polar surface area (TPSA) is 80.9 Å². The number of ether oxygens (including phenoxy) is 2. The molecule has 0 aromatic rings. The zero-order valence-electron chi connectivity index (χ0n) is 11.2. The molecule has 0 amide bonds. The standard InChI is InChI=1S/C11H26N4O2/c1-10(2)9-17-8-6-14-11(15-12)13-5-4-7-16-3/h10H,4-9,12H2,1-3H3,(H2,13,14,15). The molecular weight excluding hydrogens is 220 g/mol. The molecule has 0 fully saturated rings. The van der Waals surface area contributed by atoms with E-state index < -0.39 is 0 Å². The molecule has 0 aromatic carbocycles. The van der Waals surface area contributed by atoms with Crippen LogP contribution in [0.2, 0.25) is 0 Å². The average Bonchev–Trinajstić information content (AvgIpc) is 2.31. The van der Waals surface area contributed by atoms with Gasteiger partial charge in [-0.15, -0.1) is 0 Å². The lowest BCUT2D eigenvalue weighted by molar-refractivity contribution is 0.114. The van der Waals surface area contributed by atoms with Gasteiger partial charge < -0.3 is 14.8 Å². The van der Waals surface area contributed by atoms with Crippen LogP contribution in [0.1, 0.15) is 20.3 Å². The van der Waals surface area contributed by atoms with Gasteiger partial charge >= 0.3 is 0 Å². The molecule has 0 aliphatic rings. The Morgan fingerprint density at radius 2 is 2.12 bits per heavy atom. The van der Waals surface area contributed by atoms with E-state index in [0.717, 1.165) is 13.0 Å². The fourth-order valence-electron chi connectivity index (χ4n) is 1.11. The fraction of sp³-hybridized carbons (Fsp3) is 0.909. The first-order valence-electron chi connectivity index (χ1n) is 6.02. The number of nitrogens with zero attached hydrogens (tertiary/aromatic N) is 1. The van der Waals surface area contributed by atoms with Crippen LogP contribution in [0.25, 0.3) is 0 Å². The van der Waals surface area contributed by atoms with Crippen molar-refractivity contribution in [1.82, 2.24) is 10.7 Å². The molecule has 102 valence electrons. The minimum absolute atomic E-state index is 0.560. The van der Waals surface area contributed by atoms with Gasteiger partial charge in [0, 0.05) is 33.4 Å². The van der Waals surface area contributed by atoms with Gasteiger partial charge in [-0.05, 0) is 12.3 Å². The summed E-state index contributed by atoms with van der Waals surface area (Å²) in [6.07, 6.45) is 0.882. The van der Waals surface area contributed by atoms with Gasteiger partial charge in [0.05, 0.1) is 6.61 Å². The summed E-state index contributed by atoms with van der Waals surface area (Å²) in [6, 6.07) is 0. The quantitative estimate of drug-likeness (QED) is 0.177. The summed E-state index contributed by atoms with van der Waals surface area (Å²) in [5.74, 6) is 6.49. The number of guanidine groups is 1. The van der Waals surface area contributed by atoms with Crippen molar-refractivity contribution in [3.8, 4) is 0 Å². The monoisotopic (exact) mass is 246 g/mol. The van der Waals surface area contributed by atoms with Gasteiger partial charge in [-0.2, -0.15) is 0 Å². The minimum Gasteiger partial charge on any atom is -0.385 e. The van der Waals surface area contributed by atoms with Crippen LogP contribution >= 0.6 is 0 Å². The van der Waals surface area contributed by atoms with Gasteiger partial charge in [-0.25, -0.2) is 5.84 Å². The average molecular weight is 246 g/mol. The Balaban J connectivity index is 3.53. The largest absolute Gasteiger partial charge is 0.385 e. The zero-order chi connectivity index (χ0) is 12.9. The predicted molar refractivity (Wildman–Crippen MR) is 69.8 cm³/mol. The first-order valence-corrected chi connectivity index (χ1v) is 6.02. The Morgan fingerprint density at radius 1 is 1.35 bits per heavy atom. The molecule has 0 unspecified atom stereocenters. The lowest BCUT2D eigenvalue weighted by atomic mass is 10.2. The summed E-state index contributed by atoms with van der Waals surface area (Å²) in [4.78, 5) is 4.25. The Hall–Kier alpha value is -0.850. The van der Waals surface area contributed by atoms with Crippen LogP contribution in [0.5, 0.6) is 0 Å². The molecule has 6 heteroatoms. The van der Waals surface area contributed by atoms with Crippen LogP contribution in [0.15, 0.2) is 4.99 Å². The zero-order valence-corrected chi connectivity index (χ0v) is 11.2. The molecule has 0 bridgehead atoms. The van der Waals surface area contributed by atoms with E-state index in [0.29, 0.717) is 38.2 Å². The van der Waals surface area contributed by atoms with Crippen molar-refractivity contribution in [2.24, 2.45) is 16.8 Å². The Kier molecular flexibility index (Phi) is 11.0. The molecular formula is C11H26N4O2. The normalized spacial score (nSPS) is 11.9. The number of rotatable bonds is 9. The highest BCUT2D eigenvalue weighted by atomic mass is 16.5. The van der Waals surface area contributed by atoms with Gasteiger partial charge in [0.2, 0.25) is 5.96 Å². The van der Waals surface area contributed by atoms with Gasteiger partial charge in [0.25, 0.3) is 0 Å². The smallest absolute Gasteiger partial charge is 0.205 e. The van der Waals surface area contributed by atoms with Crippen molar-refractivity contribution in [2.75, 3.05) is 40.0 Å². The molecule has 4 N–H and O–H groups in total. The van der Waals surface area contributed by atoms with Crippen molar-refractivity contribution >= 4 is 5.96 Å². The van der Waals surface area contributed by atoms with Gasteiger partial charge in [0.1, 0.15) is 0 Å². The van der Waals surface area contributed by atoms with Crippen LogP contribution in [-0.2, 0) is 9.47 Å². The highest BCUT2D eigenvalue weighted by molar-refractivity contribution is 5.79. The first-order chi connectivity index (χ1) is 8.20. The minimum atomic E-state index is 0.560. The number of nitrogens with two attached hydrogens (primary N) is 1. The van der Waals surface area contributed by atoms with E-state index in [2.05, 4.69) is 29.6 Å². The van der Waals surface area contributed by atoms with E-state index in [1.807, 2.05) is 0 Å². The van der Waals surface area contributed by atoms with E-state index in [1.165, 1.54) is 0 Å². The van der Waals surface area contributed by atoms with Gasteiger partial charge in [-0.1, -0.05) is 13.8 Å². The van der Waals surface area contributed by atoms with Crippen LogP contribution in [0, 0.1) is 5.92 Å².